The molecule has 0 unspecified atom stereocenters. The van der Waals surface area contributed by atoms with Crippen LogP contribution in [0.2, 0.25) is 0 Å². The summed E-state index contributed by atoms with van der Waals surface area (Å²) in [6.45, 7) is 0. The Morgan fingerprint density at radius 3 is 2.52 bits per heavy atom. The second-order valence-electron chi connectivity index (χ2n) is 4.61. The van der Waals surface area contributed by atoms with Gasteiger partial charge in [-0.3, -0.25) is 20.2 Å². The van der Waals surface area contributed by atoms with Gasteiger partial charge in [0.2, 0.25) is 0 Å². The molecule has 0 aliphatic carbocycles. The van der Waals surface area contributed by atoms with Crippen LogP contribution in [-0.2, 0) is 0 Å². The van der Waals surface area contributed by atoms with E-state index in [4.69, 9.17) is 0 Å². The molecule has 0 saturated carbocycles. The summed E-state index contributed by atoms with van der Waals surface area (Å²) in [5, 5.41) is 22.4. The number of nitro benzene ring substituents is 2. The van der Waals surface area contributed by atoms with E-state index in [2.05, 4.69) is 4.98 Å². The second kappa shape index (κ2) is 5.93. The summed E-state index contributed by atoms with van der Waals surface area (Å²) in [5.41, 5.74) is 1.15. The number of hydrogen-bond donors (Lipinski definition) is 0. The van der Waals surface area contributed by atoms with Crippen molar-refractivity contribution in [1.82, 2.24) is 4.98 Å². The number of aromatic nitrogens is 1. The lowest BCUT2D eigenvalue weighted by molar-refractivity contribution is -0.385. The van der Waals surface area contributed by atoms with Gasteiger partial charge < -0.3 is 0 Å². The molecule has 3 rings (SSSR count). The molecule has 8 heteroatoms. The second-order valence-corrected chi connectivity index (χ2v) is 5.67. The third-order valence-corrected chi connectivity index (χ3v) is 4.12. The van der Waals surface area contributed by atoms with Gasteiger partial charge in [-0.15, -0.1) is 11.3 Å². The molecule has 0 fully saturated rings. The van der Waals surface area contributed by atoms with Gasteiger partial charge in [-0.1, -0.05) is 12.1 Å². The summed E-state index contributed by atoms with van der Waals surface area (Å²) in [6.07, 6.45) is 3.28. The first-order valence-corrected chi connectivity index (χ1v) is 7.33. The van der Waals surface area contributed by atoms with Crippen LogP contribution in [0.5, 0.6) is 0 Å². The number of para-hydroxylation sites is 1. The Morgan fingerprint density at radius 1 is 1.00 bits per heavy atom. The molecule has 0 bridgehead atoms. The molecule has 0 N–H and O–H groups in total. The minimum Gasteiger partial charge on any atom is -0.258 e. The van der Waals surface area contributed by atoms with Crippen LogP contribution in [0.25, 0.3) is 22.4 Å². The maximum Gasteiger partial charge on any atom is 0.276 e. The quantitative estimate of drug-likeness (QED) is 0.526. The molecule has 2 aromatic carbocycles. The molecule has 1 aromatic heterocycles. The monoisotopic (exact) mass is 327 g/mol. The van der Waals surface area contributed by atoms with E-state index in [0.29, 0.717) is 20.8 Å². The number of benzene rings is 2. The number of thiazole rings is 1. The number of non-ortho nitro benzene ring substituents is 1. The van der Waals surface area contributed by atoms with Crippen molar-refractivity contribution in [1.29, 1.82) is 0 Å². The standard InChI is InChI=1S/C15H9N3O4S/c19-17(20)11-6-7-12-14(9-11)23-15(16-12)8-5-10-3-1-2-4-13(10)18(21)22/h1-9H. The Bertz CT molecular complexity index is 949. The van der Waals surface area contributed by atoms with Gasteiger partial charge >= 0.3 is 0 Å². The lowest BCUT2D eigenvalue weighted by Crippen LogP contribution is -1.90. The normalized spacial score (nSPS) is 11.1. The number of rotatable bonds is 4. The van der Waals surface area contributed by atoms with Crippen LogP contribution in [-0.4, -0.2) is 14.8 Å². The lowest BCUT2D eigenvalue weighted by Gasteiger charge is -1.95. The first-order chi connectivity index (χ1) is 11.0. The minimum atomic E-state index is -0.456. The maximum absolute atomic E-state index is 11.0. The predicted molar refractivity (Wildman–Crippen MR) is 88.3 cm³/mol. The van der Waals surface area contributed by atoms with Crippen molar-refractivity contribution in [2.75, 3.05) is 0 Å². The Morgan fingerprint density at radius 2 is 1.78 bits per heavy atom. The maximum atomic E-state index is 11.0. The van der Waals surface area contributed by atoms with Gasteiger partial charge in [0.05, 0.1) is 25.6 Å². The van der Waals surface area contributed by atoms with Crippen LogP contribution < -0.4 is 0 Å². The largest absolute Gasteiger partial charge is 0.276 e. The summed E-state index contributed by atoms with van der Waals surface area (Å²) in [5.74, 6) is 0. The molecule has 114 valence electrons. The highest BCUT2D eigenvalue weighted by Gasteiger charge is 2.11. The molecule has 0 saturated heterocycles. The van der Waals surface area contributed by atoms with Crippen LogP contribution in [0.3, 0.4) is 0 Å². The molecular weight excluding hydrogens is 318 g/mol. The summed E-state index contributed by atoms with van der Waals surface area (Å²) in [6, 6.07) is 10.9. The van der Waals surface area contributed by atoms with Gasteiger partial charge in [-0.05, 0) is 24.3 Å². The first kappa shape index (κ1) is 14.8. The van der Waals surface area contributed by atoms with Crippen molar-refractivity contribution >= 4 is 45.1 Å². The van der Waals surface area contributed by atoms with Crippen molar-refractivity contribution in [2.45, 2.75) is 0 Å². The van der Waals surface area contributed by atoms with Gasteiger partial charge in [0.15, 0.2) is 0 Å². The molecule has 0 atom stereocenters. The van der Waals surface area contributed by atoms with Crippen molar-refractivity contribution in [3.05, 3.63) is 73.3 Å². The first-order valence-electron chi connectivity index (χ1n) is 6.51. The number of fused-ring (bicyclic) bond motifs is 1. The van der Waals surface area contributed by atoms with Gasteiger partial charge in [0, 0.05) is 18.2 Å². The molecule has 0 spiro atoms. The SMILES string of the molecule is O=[N+]([O-])c1ccc2nc(C=Cc3ccccc3[N+](=O)[O-])sc2c1. The Kier molecular flexibility index (Phi) is 3.82. The van der Waals surface area contributed by atoms with Crippen LogP contribution >= 0.6 is 11.3 Å². The third kappa shape index (κ3) is 3.06. The highest BCUT2D eigenvalue weighted by Crippen LogP contribution is 2.28. The molecule has 1 heterocycles. The molecule has 0 aliphatic heterocycles. The van der Waals surface area contributed by atoms with E-state index in [0.717, 1.165) is 0 Å². The molecule has 7 nitrogen and oxygen atoms in total. The van der Waals surface area contributed by atoms with Crippen molar-refractivity contribution in [3.63, 3.8) is 0 Å². The Balaban J connectivity index is 1.95. The highest BCUT2D eigenvalue weighted by atomic mass is 32.1. The van der Waals surface area contributed by atoms with Crippen molar-refractivity contribution in [2.24, 2.45) is 0 Å². The molecular formula is C15H9N3O4S. The fraction of sp³-hybridized carbons (Fsp3) is 0. The van der Waals surface area contributed by atoms with E-state index in [1.807, 2.05) is 0 Å². The lowest BCUT2D eigenvalue weighted by atomic mass is 10.1. The number of nitrogens with zero attached hydrogens (tertiary/aromatic N) is 3. The number of nitro groups is 2. The van der Waals surface area contributed by atoms with E-state index < -0.39 is 9.85 Å². The van der Waals surface area contributed by atoms with Gasteiger partial charge in [-0.2, -0.15) is 0 Å². The van der Waals surface area contributed by atoms with Crippen LogP contribution in [0, 0.1) is 20.2 Å². The average molecular weight is 327 g/mol. The fourth-order valence-electron chi connectivity index (χ4n) is 2.07. The molecule has 23 heavy (non-hydrogen) atoms. The van der Waals surface area contributed by atoms with E-state index in [1.54, 1.807) is 36.4 Å². The Hall–Kier alpha value is -3.13. The zero-order valence-corrected chi connectivity index (χ0v) is 12.4. The van der Waals surface area contributed by atoms with Gasteiger partial charge in [0.1, 0.15) is 5.01 Å². The Labute approximate surface area is 133 Å². The van der Waals surface area contributed by atoms with Crippen LogP contribution in [0.15, 0.2) is 42.5 Å². The van der Waals surface area contributed by atoms with E-state index >= 15 is 0 Å². The molecule has 0 radical (unpaired) electrons. The van der Waals surface area contributed by atoms with Gasteiger partial charge in [-0.25, -0.2) is 4.98 Å². The van der Waals surface area contributed by atoms with Crippen LogP contribution in [0.1, 0.15) is 10.6 Å². The average Bonchev–Trinajstić information content (AvgIpc) is 2.94. The van der Waals surface area contributed by atoms with E-state index in [9.17, 15) is 20.2 Å². The molecule has 0 aliphatic rings. The van der Waals surface area contributed by atoms with E-state index in [-0.39, 0.29) is 11.4 Å². The fourth-order valence-corrected chi connectivity index (χ4v) is 2.98. The van der Waals surface area contributed by atoms with Crippen molar-refractivity contribution < 1.29 is 9.85 Å². The minimum absolute atomic E-state index is 0.00961. The van der Waals surface area contributed by atoms with Gasteiger partial charge in [0.25, 0.3) is 11.4 Å². The van der Waals surface area contributed by atoms with E-state index in [1.165, 1.54) is 29.5 Å². The zero-order valence-electron chi connectivity index (χ0n) is 11.6. The predicted octanol–water partition coefficient (Wildman–Crippen LogP) is 4.28. The summed E-state index contributed by atoms with van der Waals surface area (Å²) in [4.78, 5) is 25.2. The zero-order chi connectivity index (χ0) is 16.4. The molecule has 3 aromatic rings. The smallest absolute Gasteiger partial charge is 0.258 e. The summed E-state index contributed by atoms with van der Waals surface area (Å²) >= 11 is 1.29. The third-order valence-electron chi connectivity index (χ3n) is 3.14. The summed E-state index contributed by atoms with van der Waals surface area (Å²) < 4.78 is 0.696. The number of hydrogen-bond acceptors (Lipinski definition) is 6. The summed E-state index contributed by atoms with van der Waals surface area (Å²) in [7, 11) is 0. The highest BCUT2D eigenvalue weighted by molar-refractivity contribution is 7.19. The van der Waals surface area contributed by atoms with Crippen LogP contribution in [0.4, 0.5) is 11.4 Å². The topological polar surface area (TPSA) is 99.2 Å². The van der Waals surface area contributed by atoms with Crippen molar-refractivity contribution in [3.8, 4) is 0 Å². The molecule has 0 amide bonds.